The van der Waals surface area contributed by atoms with Crippen LogP contribution in [-0.2, 0) is 19.2 Å². The third-order valence-corrected chi connectivity index (χ3v) is 4.63. The Kier molecular flexibility index (Phi) is 8.24. The molecule has 1 fully saturated rings. The average molecular weight is 371 g/mol. The van der Waals surface area contributed by atoms with Crippen LogP contribution in [0.3, 0.4) is 0 Å². The second-order valence-electron chi connectivity index (χ2n) is 8.13. The van der Waals surface area contributed by atoms with Gasteiger partial charge in [-0.15, -0.1) is 0 Å². The lowest BCUT2D eigenvalue weighted by Crippen LogP contribution is -2.61. The van der Waals surface area contributed by atoms with Crippen molar-refractivity contribution < 1.29 is 29.4 Å². The van der Waals surface area contributed by atoms with Crippen LogP contribution in [0.2, 0.25) is 0 Å². The molecule has 1 heterocycles. The first-order valence-electron chi connectivity index (χ1n) is 9.11. The minimum atomic E-state index is -1.09. The molecule has 150 valence electrons. The van der Waals surface area contributed by atoms with Crippen LogP contribution in [0.5, 0.6) is 0 Å². The van der Waals surface area contributed by atoms with E-state index in [1.165, 1.54) is 6.08 Å². The second-order valence-corrected chi connectivity index (χ2v) is 8.13. The first-order valence-corrected chi connectivity index (χ1v) is 9.11. The van der Waals surface area contributed by atoms with Gasteiger partial charge in [0.05, 0.1) is 13.2 Å². The Balaban J connectivity index is 2.38. The fourth-order valence-electron chi connectivity index (χ4n) is 3.91. The van der Waals surface area contributed by atoms with Gasteiger partial charge in [-0.1, -0.05) is 0 Å². The molecule has 0 amide bonds. The van der Waals surface area contributed by atoms with E-state index in [9.17, 15) is 14.7 Å². The molecule has 26 heavy (non-hydrogen) atoms. The van der Waals surface area contributed by atoms with E-state index < -0.39 is 12.1 Å². The van der Waals surface area contributed by atoms with Crippen LogP contribution in [-0.4, -0.2) is 57.6 Å². The quantitative estimate of drug-likeness (QED) is 0.365. The van der Waals surface area contributed by atoms with Gasteiger partial charge in [-0.05, 0) is 53.0 Å². The highest BCUT2D eigenvalue weighted by atomic mass is 16.7. The highest BCUT2D eigenvalue weighted by molar-refractivity contribution is 5.79. The number of hydroxylamine groups is 2. The SMILES string of the molecule is CON1C(C)(C)CC(OC(=O)CCCCC(O)/C=C/C(=O)O)CC1(C)C. The Morgan fingerprint density at radius 2 is 1.77 bits per heavy atom. The second kappa shape index (κ2) is 9.48. The van der Waals surface area contributed by atoms with E-state index in [-0.39, 0.29) is 23.2 Å². The number of aliphatic hydroxyl groups is 1. The maximum Gasteiger partial charge on any atom is 0.328 e. The fraction of sp³-hybridized carbons (Fsp3) is 0.789. The normalized spacial score (nSPS) is 21.6. The van der Waals surface area contributed by atoms with Crippen molar-refractivity contribution in [1.82, 2.24) is 5.06 Å². The smallest absolute Gasteiger partial charge is 0.328 e. The van der Waals surface area contributed by atoms with Crippen LogP contribution < -0.4 is 0 Å². The Morgan fingerprint density at radius 1 is 1.19 bits per heavy atom. The van der Waals surface area contributed by atoms with E-state index in [2.05, 4.69) is 27.7 Å². The number of ether oxygens (including phenoxy) is 1. The number of nitrogens with zero attached hydrogens (tertiary/aromatic N) is 1. The predicted octanol–water partition coefficient (Wildman–Crippen LogP) is 2.67. The molecule has 1 saturated heterocycles. The van der Waals surface area contributed by atoms with Gasteiger partial charge in [0.2, 0.25) is 0 Å². The lowest BCUT2D eigenvalue weighted by molar-refractivity contribution is -0.278. The molecular formula is C19H33NO6. The number of hydrogen-bond acceptors (Lipinski definition) is 6. The minimum Gasteiger partial charge on any atom is -0.478 e. The zero-order valence-corrected chi connectivity index (χ0v) is 16.5. The Hall–Kier alpha value is -1.44. The number of esters is 1. The fourth-order valence-corrected chi connectivity index (χ4v) is 3.91. The molecule has 2 N–H and O–H groups in total. The van der Waals surface area contributed by atoms with Gasteiger partial charge in [-0.3, -0.25) is 4.79 Å². The predicted molar refractivity (Wildman–Crippen MR) is 97.4 cm³/mol. The van der Waals surface area contributed by atoms with Crippen molar-refractivity contribution in [1.29, 1.82) is 0 Å². The Labute approximate surface area is 155 Å². The highest BCUT2D eigenvalue weighted by Gasteiger charge is 2.47. The number of piperidine rings is 1. The summed E-state index contributed by atoms with van der Waals surface area (Å²) >= 11 is 0. The van der Waals surface area contributed by atoms with Crippen molar-refractivity contribution in [2.75, 3.05) is 7.11 Å². The third kappa shape index (κ3) is 7.05. The molecule has 0 aliphatic carbocycles. The average Bonchev–Trinajstić information content (AvgIpc) is 2.47. The molecule has 1 atom stereocenters. The summed E-state index contributed by atoms with van der Waals surface area (Å²) in [4.78, 5) is 28.0. The van der Waals surface area contributed by atoms with E-state index in [4.69, 9.17) is 14.7 Å². The molecule has 0 aromatic carbocycles. The zero-order chi connectivity index (χ0) is 20.0. The number of aliphatic hydroxyl groups excluding tert-OH is 1. The van der Waals surface area contributed by atoms with Crippen molar-refractivity contribution in [3.05, 3.63) is 12.2 Å². The number of unbranched alkanes of at least 4 members (excludes halogenated alkanes) is 1. The van der Waals surface area contributed by atoms with Gasteiger partial charge >= 0.3 is 11.9 Å². The number of aliphatic carboxylic acids is 1. The maximum absolute atomic E-state index is 12.1. The molecular weight excluding hydrogens is 338 g/mol. The first kappa shape index (κ1) is 22.6. The van der Waals surface area contributed by atoms with Crippen molar-refractivity contribution in [3.8, 4) is 0 Å². The highest BCUT2D eigenvalue weighted by Crippen LogP contribution is 2.39. The van der Waals surface area contributed by atoms with Crippen molar-refractivity contribution in [2.24, 2.45) is 0 Å². The number of carbonyl (C=O) groups is 2. The molecule has 1 aliphatic rings. The van der Waals surface area contributed by atoms with Crippen LogP contribution in [0.25, 0.3) is 0 Å². The van der Waals surface area contributed by atoms with Gasteiger partial charge in [0, 0.05) is 36.4 Å². The molecule has 7 nitrogen and oxygen atoms in total. The van der Waals surface area contributed by atoms with E-state index in [0.29, 0.717) is 38.5 Å². The zero-order valence-electron chi connectivity index (χ0n) is 16.5. The molecule has 0 spiro atoms. The molecule has 7 heteroatoms. The number of hydrogen-bond donors (Lipinski definition) is 2. The summed E-state index contributed by atoms with van der Waals surface area (Å²) in [5, 5.41) is 20.1. The summed E-state index contributed by atoms with van der Waals surface area (Å²) in [6.07, 6.45) is 4.56. The molecule has 0 radical (unpaired) electrons. The van der Waals surface area contributed by atoms with Crippen molar-refractivity contribution in [3.63, 3.8) is 0 Å². The lowest BCUT2D eigenvalue weighted by Gasteiger charge is -2.52. The summed E-state index contributed by atoms with van der Waals surface area (Å²) < 4.78 is 5.67. The maximum atomic E-state index is 12.1. The van der Waals surface area contributed by atoms with Gasteiger partial charge in [0.15, 0.2) is 0 Å². The molecule has 0 saturated carbocycles. The van der Waals surface area contributed by atoms with Crippen molar-refractivity contribution in [2.45, 2.75) is 89.5 Å². The lowest BCUT2D eigenvalue weighted by atomic mass is 9.80. The Bertz CT molecular complexity index is 496. The summed E-state index contributed by atoms with van der Waals surface area (Å²) in [7, 11) is 1.66. The minimum absolute atomic E-state index is 0.150. The van der Waals surface area contributed by atoms with E-state index >= 15 is 0 Å². The van der Waals surface area contributed by atoms with E-state index in [1.807, 2.05) is 5.06 Å². The van der Waals surface area contributed by atoms with Crippen LogP contribution in [0.15, 0.2) is 12.2 Å². The molecule has 0 aromatic heterocycles. The topological polar surface area (TPSA) is 96.3 Å². The summed E-state index contributed by atoms with van der Waals surface area (Å²) in [6, 6.07) is 0. The van der Waals surface area contributed by atoms with Crippen LogP contribution in [0, 0.1) is 0 Å². The van der Waals surface area contributed by atoms with Crippen molar-refractivity contribution >= 4 is 11.9 Å². The van der Waals surface area contributed by atoms with Crippen LogP contribution in [0.1, 0.15) is 66.2 Å². The number of rotatable bonds is 9. The van der Waals surface area contributed by atoms with E-state index in [1.54, 1.807) is 7.11 Å². The summed E-state index contributed by atoms with van der Waals surface area (Å²) in [5.41, 5.74) is -0.468. The van der Waals surface area contributed by atoms with E-state index in [0.717, 1.165) is 6.08 Å². The first-order chi connectivity index (χ1) is 12.0. The van der Waals surface area contributed by atoms with Gasteiger partial charge < -0.3 is 19.8 Å². The van der Waals surface area contributed by atoms with Gasteiger partial charge in [0.1, 0.15) is 6.10 Å². The number of carboxylic acids is 1. The summed E-state index contributed by atoms with van der Waals surface area (Å²) in [5.74, 6) is -1.32. The van der Waals surface area contributed by atoms with Crippen LogP contribution >= 0.6 is 0 Å². The molecule has 1 aliphatic heterocycles. The van der Waals surface area contributed by atoms with Gasteiger partial charge in [-0.2, -0.15) is 5.06 Å². The molecule has 1 rings (SSSR count). The van der Waals surface area contributed by atoms with Gasteiger partial charge in [-0.25, -0.2) is 4.79 Å². The summed E-state index contributed by atoms with van der Waals surface area (Å²) in [6.45, 7) is 8.29. The third-order valence-electron chi connectivity index (χ3n) is 4.63. The number of carbonyl (C=O) groups excluding carboxylic acids is 1. The van der Waals surface area contributed by atoms with Gasteiger partial charge in [0.25, 0.3) is 0 Å². The Morgan fingerprint density at radius 3 is 2.27 bits per heavy atom. The largest absolute Gasteiger partial charge is 0.478 e. The van der Waals surface area contributed by atoms with Crippen LogP contribution in [0.4, 0.5) is 0 Å². The standard InChI is InChI=1S/C19H33NO6/c1-18(2)12-15(13-19(3,4)20(18)25-5)26-17(24)9-7-6-8-14(21)10-11-16(22)23/h10-11,14-15,21H,6-9,12-13H2,1-5H3,(H,22,23)/b11-10+. The monoisotopic (exact) mass is 371 g/mol. The molecule has 1 unspecified atom stereocenters. The molecule has 0 aromatic rings. The number of carboxylic acid groups (broad SMARTS) is 1. The molecule has 0 bridgehead atoms.